The Hall–Kier alpha value is -1.13. The summed E-state index contributed by atoms with van der Waals surface area (Å²) in [6, 6.07) is 8.28. The van der Waals surface area contributed by atoms with Gasteiger partial charge in [0.1, 0.15) is 0 Å². The Kier molecular flexibility index (Phi) is 4.55. The lowest BCUT2D eigenvalue weighted by Gasteiger charge is -2.06. The highest BCUT2D eigenvalue weighted by atomic mass is 79.9. The first-order valence-corrected chi connectivity index (χ1v) is 7.02. The lowest BCUT2D eigenvalue weighted by Crippen LogP contribution is -2.14. The third-order valence-corrected chi connectivity index (χ3v) is 3.28. The Labute approximate surface area is 116 Å². The van der Waals surface area contributed by atoms with Crippen molar-refractivity contribution < 1.29 is 0 Å². The van der Waals surface area contributed by atoms with Gasteiger partial charge in [0.25, 0.3) is 0 Å². The maximum absolute atomic E-state index is 4.58. The zero-order chi connectivity index (χ0) is 13.0. The predicted octanol–water partition coefficient (Wildman–Crippen LogP) is 3.44. The molecule has 0 radical (unpaired) electrons. The Bertz CT molecular complexity index is 520. The van der Waals surface area contributed by atoms with E-state index in [1.165, 1.54) is 5.56 Å². The largest absolute Gasteiger partial charge is 0.311 e. The van der Waals surface area contributed by atoms with E-state index in [4.69, 9.17) is 0 Å². The van der Waals surface area contributed by atoms with Crippen LogP contribution in [0.1, 0.15) is 24.6 Å². The molecule has 1 aromatic carbocycles. The normalized spacial score (nSPS) is 10.8. The highest BCUT2D eigenvalue weighted by Gasteiger charge is 2.04. The number of rotatable bonds is 5. The van der Waals surface area contributed by atoms with Crippen LogP contribution in [0.25, 0.3) is 5.69 Å². The van der Waals surface area contributed by atoms with Crippen LogP contribution in [0, 0.1) is 6.92 Å². The molecule has 0 saturated heterocycles. The van der Waals surface area contributed by atoms with Crippen molar-refractivity contribution in [2.75, 3.05) is 6.54 Å². The summed E-state index contributed by atoms with van der Waals surface area (Å²) in [5.74, 6) is 0. The summed E-state index contributed by atoms with van der Waals surface area (Å²) in [4.78, 5) is 0. The molecule has 0 aliphatic rings. The molecule has 4 heteroatoms. The predicted molar refractivity (Wildman–Crippen MR) is 78.0 cm³/mol. The molecule has 0 fully saturated rings. The van der Waals surface area contributed by atoms with Crippen molar-refractivity contribution in [1.82, 2.24) is 15.1 Å². The first-order chi connectivity index (χ1) is 8.70. The molecule has 2 rings (SSSR count). The minimum absolute atomic E-state index is 0.830. The summed E-state index contributed by atoms with van der Waals surface area (Å²) in [7, 11) is 0. The monoisotopic (exact) mass is 307 g/mol. The second-order valence-corrected chi connectivity index (χ2v) is 5.27. The second-order valence-electron chi connectivity index (χ2n) is 4.36. The van der Waals surface area contributed by atoms with Crippen LogP contribution in [0.3, 0.4) is 0 Å². The summed E-state index contributed by atoms with van der Waals surface area (Å²) in [5.41, 5.74) is 3.41. The van der Waals surface area contributed by atoms with Crippen molar-refractivity contribution in [3.63, 3.8) is 0 Å². The first-order valence-electron chi connectivity index (χ1n) is 6.22. The Morgan fingerprint density at radius 3 is 2.89 bits per heavy atom. The van der Waals surface area contributed by atoms with Crippen LogP contribution < -0.4 is 5.32 Å². The molecule has 1 heterocycles. The van der Waals surface area contributed by atoms with E-state index < -0.39 is 0 Å². The summed E-state index contributed by atoms with van der Waals surface area (Å²) in [5, 5.41) is 7.94. The third kappa shape index (κ3) is 3.21. The standard InChI is InChI=1S/C14H18BrN3/c1-3-7-16-10-13-6-8-18(17-13)14-5-4-12(15)9-11(14)2/h4-6,8-9,16H,3,7,10H2,1-2H3. The molecule has 0 amide bonds. The second kappa shape index (κ2) is 6.16. The highest BCUT2D eigenvalue weighted by Crippen LogP contribution is 2.18. The van der Waals surface area contributed by atoms with E-state index in [0.717, 1.165) is 35.4 Å². The zero-order valence-electron chi connectivity index (χ0n) is 10.8. The molecule has 1 aromatic heterocycles. The van der Waals surface area contributed by atoms with Crippen molar-refractivity contribution in [3.8, 4) is 5.69 Å². The lowest BCUT2D eigenvalue weighted by molar-refractivity contribution is 0.656. The molecule has 0 aliphatic carbocycles. The topological polar surface area (TPSA) is 29.9 Å². The fourth-order valence-corrected chi connectivity index (χ4v) is 2.33. The Balaban J connectivity index is 2.13. The van der Waals surface area contributed by atoms with Crippen LogP contribution >= 0.6 is 15.9 Å². The molecule has 0 bridgehead atoms. The van der Waals surface area contributed by atoms with Gasteiger partial charge in [-0.25, -0.2) is 4.68 Å². The molecule has 18 heavy (non-hydrogen) atoms. The summed E-state index contributed by atoms with van der Waals surface area (Å²) < 4.78 is 3.03. The maximum atomic E-state index is 4.58. The molecule has 0 atom stereocenters. The number of hydrogen-bond donors (Lipinski definition) is 1. The lowest BCUT2D eigenvalue weighted by atomic mass is 10.2. The number of halogens is 1. The SMILES string of the molecule is CCCNCc1ccn(-c2ccc(Br)cc2C)n1. The minimum atomic E-state index is 0.830. The van der Waals surface area contributed by atoms with Gasteiger partial charge in [0, 0.05) is 17.2 Å². The van der Waals surface area contributed by atoms with Crippen LogP contribution in [-0.2, 0) is 6.54 Å². The van der Waals surface area contributed by atoms with Gasteiger partial charge < -0.3 is 5.32 Å². The van der Waals surface area contributed by atoms with Gasteiger partial charge in [-0.2, -0.15) is 5.10 Å². The molecular formula is C14H18BrN3. The van der Waals surface area contributed by atoms with Gasteiger partial charge in [0.05, 0.1) is 11.4 Å². The summed E-state index contributed by atoms with van der Waals surface area (Å²) in [6.07, 6.45) is 3.16. The van der Waals surface area contributed by atoms with E-state index in [1.807, 2.05) is 16.9 Å². The average Bonchev–Trinajstić information content (AvgIpc) is 2.78. The van der Waals surface area contributed by atoms with E-state index in [9.17, 15) is 0 Å². The third-order valence-electron chi connectivity index (χ3n) is 2.78. The molecule has 1 N–H and O–H groups in total. The van der Waals surface area contributed by atoms with E-state index in [2.05, 4.69) is 58.4 Å². The number of benzene rings is 1. The van der Waals surface area contributed by atoms with Crippen molar-refractivity contribution >= 4 is 15.9 Å². The smallest absolute Gasteiger partial charge is 0.0766 e. The Morgan fingerprint density at radius 2 is 2.17 bits per heavy atom. The molecule has 2 aromatic rings. The van der Waals surface area contributed by atoms with Crippen molar-refractivity contribution in [2.45, 2.75) is 26.8 Å². The van der Waals surface area contributed by atoms with Crippen LogP contribution in [0.4, 0.5) is 0 Å². The molecule has 0 unspecified atom stereocenters. The van der Waals surface area contributed by atoms with Gasteiger partial charge in [-0.1, -0.05) is 22.9 Å². The minimum Gasteiger partial charge on any atom is -0.311 e. The van der Waals surface area contributed by atoms with Crippen LogP contribution in [0.5, 0.6) is 0 Å². The van der Waals surface area contributed by atoms with Crippen molar-refractivity contribution in [1.29, 1.82) is 0 Å². The van der Waals surface area contributed by atoms with Gasteiger partial charge in [0.15, 0.2) is 0 Å². The number of hydrogen-bond acceptors (Lipinski definition) is 2. The first kappa shape index (κ1) is 13.3. The Morgan fingerprint density at radius 1 is 1.33 bits per heavy atom. The van der Waals surface area contributed by atoms with E-state index in [-0.39, 0.29) is 0 Å². The molecule has 0 aliphatic heterocycles. The zero-order valence-corrected chi connectivity index (χ0v) is 12.4. The van der Waals surface area contributed by atoms with Gasteiger partial charge in [-0.05, 0) is 49.7 Å². The van der Waals surface area contributed by atoms with Gasteiger partial charge in [-0.15, -0.1) is 0 Å². The van der Waals surface area contributed by atoms with Gasteiger partial charge >= 0.3 is 0 Å². The summed E-state index contributed by atoms with van der Waals surface area (Å²) >= 11 is 3.48. The van der Waals surface area contributed by atoms with Crippen LogP contribution in [0.2, 0.25) is 0 Å². The van der Waals surface area contributed by atoms with Gasteiger partial charge in [-0.3, -0.25) is 0 Å². The van der Waals surface area contributed by atoms with E-state index >= 15 is 0 Å². The highest BCUT2D eigenvalue weighted by molar-refractivity contribution is 9.10. The fourth-order valence-electron chi connectivity index (χ4n) is 1.86. The average molecular weight is 308 g/mol. The van der Waals surface area contributed by atoms with Crippen LogP contribution in [-0.4, -0.2) is 16.3 Å². The van der Waals surface area contributed by atoms with E-state index in [0.29, 0.717) is 0 Å². The quantitative estimate of drug-likeness (QED) is 0.858. The molecule has 0 saturated carbocycles. The molecular weight excluding hydrogens is 290 g/mol. The van der Waals surface area contributed by atoms with Crippen molar-refractivity contribution in [2.24, 2.45) is 0 Å². The number of aromatic nitrogens is 2. The molecule has 0 spiro atoms. The van der Waals surface area contributed by atoms with Gasteiger partial charge in [0.2, 0.25) is 0 Å². The fraction of sp³-hybridized carbons (Fsp3) is 0.357. The van der Waals surface area contributed by atoms with Crippen LogP contribution in [0.15, 0.2) is 34.9 Å². The molecule has 96 valence electrons. The number of nitrogens with one attached hydrogen (secondary N) is 1. The van der Waals surface area contributed by atoms with E-state index in [1.54, 1.807) is 0 Å². The summed E-state index contributed by atoms with van der Waals surface area (Å²) in [6.45, 7) is 6.12. The van der Waals surface area contributed by atoms with Crippen molar-refractivity contribution in [3.05, 3.63) is 46.2 Å². The molecule has 3 nitrogen and oxygen atoms in total. The maximum Gasteiger partial charge on any atom is 0.0766 e. The number of aryl methyl sites for hydroxylation is 1. The number of nitrogens with zero attached hydrogens (tertiary/aromatic N) is 2.